The lowest BCUT2D eigenvalue weighted by atomic mass is 10.00. The number of nitrogens with zero attached hydrogens (tertiary/aromatic N) is 5. The SMILES string of the molecule is C=C/C(C#N)=C(F)\C=C(/C)c1nc(N(C)CCCN(C)C)n(C)c(=O)c1-c1ccc(OC)cc1. The van der Waals surface area contributed by atoms with Crippen molar-refractivity contribution in [1.29, 1.82) is 5.26 Å². The minimum absolute atomic E-state index is 0.185. The Hall–Kier alpha value is -3.70. The van der Waals surface area contributed by atoms with Crippen molar-refractivity contribution in [2.75, 3.05) is 46.2 Å². The van der Waals surface area contributed by atoms with Gasteiger partial charge in [-0.25, -0.2) is 9.37 Å². The summed E-state index contributed by atoms with van der Waals surface area (Å²) in [4.78, 5) is 22.3. The maximum absolute atomic E-state index is 14.7. The standard InChI is InChI=1S/C26H32FN5O2/c1-8-19(17-28)22(27)16-18(2)24-23(20-10-12-21(34-7)13-11-20)25(33)32(6)26(29-24)31(5)15-9-14-30(3)4/h8,10-13,16H,1,9,14-15H2,2-7H3/b18-16+,22-19-. The van der Waals surface area contributed by atoms with E-state index in [4.69, 9.17) is 15.0 Å². The average Bonchev–Trinajstić information content (AvgIpc) is 2.81. The number of methoxy groups -OCH3 is 1. The summed E-state index contributed by atoms with van der Waals surface area (Å²) in [5.74, 6) is 0.384. The van der Waals surface area contributed by atoms with Crippen molar-refractivity contribution in [3.63, 3.8) is 0 Å². The highest BCUT2D eigenvalue weighted by Crippen LogP contribution is 2.29. The van der Waals surface area contributed by atoms with Crippen LogP contribution >= 0.6 is 0 Å². The van der Waals surface area contributed by atoms with E-state index in [-0.39, 0.29) is 11.1 Å². The zero-order chi connectivity index (χ0) is 25.4. The monoisotopic (exact) mass is 465 g/mol. The van der Waals surface area contributed by atoms with Gasteiger partial charge in [0, 0.05) is 20.6 Å². The molecule has 180 valence electrons. The van der Waals surface area contributed by atoms with Gasteiger partial charge in [-0.3, -0.25) is 9.36 Å². The molecule has 0 N–H and O–H groups in total. The molecule has 0 radical (unpaired) electrons. The molecule has 7 nitrogen and oxygen atoms in total. The van der Waals surface area contributed by atoms with Gasteiger partial charge in [0.15, 0.2) is 0 Å². The second-order valence-electron chi connectivity index (χ2n) is 8.21. The van der Waals surface area contributed by atoms with Crippen LogP contribution in [0.25, 0.3) is 16.7 Å². The van der Waals surface area contributed by atoms with Gasteiger partial charge in [-0.2, -0.15) is 5.26 Å². The van der Waals surface area contributed by atoms with Crippen molar-refractivity contribution in [3.8, 4) is 22.9 Å². The number of ether oxygens (including phenoxy) is 1. The lowest BCUT2D eigenvalue weighted by molar-refractivity contribution is 0.401. The molecule has 34 heavy (non-hydrogen) atoms. The van der Waals surface area contributed by atoms with Crippen LogP contribution in [0.3, 0.4) is 0 Å². The molecule has 2 rings (SSSR count). The van der Waals surface area contributed by atoms with E-state index in [1.54, 1.807) is 51.4 Å². The predicted octanol–water partition coefficient (Wildman–Crippen LogP) is 4.18. The van der Waals surface area contributed by atoms with Gasteiger partial charge in [-0.1, -0.05) is 18.7 Å². The zero-order valence-corrected chi connectivity index (χ0v) is 20.7. The van der Waals surface area contributed by atoms with Crippen molar-refractivity contribution < 1.29 is 9.13 Å². The molecule has 0 saturated carbocycles. The summed E-state index contributed by atoms with van der Waals surface area (Å²) in [6.45, 7) is 6.72. The van der Waals surface area contributed by atoms with E-state index >= 15 is 0 Å². The van der Waals surface area contributed by atoms with E-state index in [1.807, 2.05) is 26.0 Å². The molecule has 1 heterocycles. The highest BCUT2D eigenvalue weighted by atomic mass is 19.1. The summed E-state index contributed by atoms with van der Waals surface area (Å²) >= 11 is 0. The number of anilines is 1. The summed E-state index contributed by atoms with van der Waals surface area (Å²) in [6.07, 6.45) is 3.25. The molecule has 0 atom stereocenters. The molecular weight excluding hydrogens is 433 g/mol. The second kappa shape index (κ2) is 12.0. The fourth-order valence-corrected chi connectivity index (χ4v) is 3.49. The molecule has 0 bridgehead atoms. The smallest absolute Gasteiger partial charge is 0.263 e. The van der Waals surface area contributed by atoms with Gasteiger partial charge in [0.05, 0.1) is 23.9 Å². The van der Waals surface area contributed by atoms with E-state index in [2.05, 4.69) is 11.5 Å². The number of hydrogen-bond acceptors (Lipinski definition) is 6. The van der Waals surface area contributed by atoms with Crippen molar-refractivity contribution in [1.82, 2.24) is 14.5 Å². The fraction of sp³-hybridized carbons (Fsp3) is 0.346. The van der Waals surface area contributed by atoms with Crippen molar-refractivity contribution >= 4 is 11.5 Å². The number of benzene rings is 1. The van der Waals surface area contributed by atoms with Crippen LogP contribution in [0, 0.1) is 11.3 Å². The Balaban J connectivity index is 2.73. The van der Waals surface area contributed by atoms with Gasteiger partial charge in [-0.15, -0.1) is 0 Å². The van der Waals surface area contributed by atoms with Crippen molar-refractivity contribution in [2.45, 2.75) is 13.3 Å². The van der Waals surface area contributed by atoms with Gasteiger partial charge >= 0.3 is 0 Å². The zero-order valence-electron chi connectivity index (χ0n) is 20.7. The Labute approximate surface area is 200 Å². The topological polar surface area (TPSA) is 74.4 Å². The van der Waals surface area contributed by atoms with Crippen LogP contribution in [-0.2, 0) is 7.05 Å². The number of hydrogen-bond donors (Lipinski definition) is 0. The number of nitriles is 1. The lowest BCUT2D eigenvalue weighted by Crippen LogP contribution is -2.32. The van der Waals surface area contributed by atoms with Crippen LogP contribution in [0.1, 0.15) is 19.0 Å². The van der Waals surface area contributed by atoms with Gasteiger partial charge in [0.2, 0.25) is 5.95 Å². The first kappa shape index (κ1) is 26.6. The normalized spacial score (nSPS) is 12.3. The average molecular weight is 466 g/mol. The van der Waals surface area contributed by atoms with Gasteiger partial charge in [0.25, 0.3) is 5.56 Å². The van der Waals surface area contributed by atoms with Gasteiger partial charge in [0.1, 0.15) is 17.6 Å². The van der Waals surface area contributed by atoms with E-state index in [9.17, 15) is 9.18 Å². The van der Waals surface area contributed by atoms with Gasteiger partial charge < -0.3 is 14.5 Å². The molecule has 2 aromatic rings. The number of halogens is 1. The highest BCUT2D eigenvalue weighted by molar-refractivity contribution is 5.80. The Morgan fingerprint density at radius 2 is 1.91 bits per heavy atom. The summed E-state index contributed by atoms with van der Waals surface area (Å²) in [6, 6.07) is 8.83. The summed E-state index contributed by atoms with van der Waals surface area (Å²) in [5.41, 5.74) is 1.29. The van der Waals surface area contributed by atoms with E-state index < -0.39 is 5.83 Å². The first-order valence-electron chi connectivity index (χ1n) is 10.9. The Kier molecular flexibility index (Phi) is 9.34. The van der Waals surface area contributed by atoms with Crippen LogP contribution in [0.4, 0.5) is 10.3 Å². The molecule has 0 saturated heterocycles. The molecule has 0 aliphatic rings. The lowest BCUT2D eigenvalue weighted by Gasteiger charge is -2.23. The maximum atomic E-state index is 14.7. The second-order valence-corrected chi connectivity index (χ2v) is 8.21. The van der Waals surface area contributed by atoms with Crippen molar-refractivity contribution in [3.05, 3.63) is 70.4 Å². The Bertz CT molecular complexity index is 1190. The van der Waals surface area contributed by atoms with Crippen LogP contribution in [0.15, 0.2) is 59.2 Å². The molecule has 0 aliphatic carbocycles. The molecule has 8 heteroatoms. The first-order valence-corrected chi connectivity index (χ1v) is 10.9. The van der Waals surface area contributed by atoms with E-state index in [0.29, 0.717) is 40.6 Å². The number of rotatable bonds is 10. The van der Waals surface area contributed by atoms with Crippen LogP contribution in [0.2, 0.25) is 0 Å². The van der Waals surface area contributed by atoms with Crippen molar-refractivity contribution in [2.24, 2.45) is 7.05 Å². The van der Waals surface area contributed by atoms with Crippen LogP contribution in [-0.4, -0.2) is 55.8 Å². The number of allylic oxidation sites excluding steroid dienone is 5. The molecule has 0 amide bonds. The van der Waals surface area contributed by atoms with Crippen LogP contribution < -0.4 is 15.2 Å². The molecule has 1 aromatic heterocycles. The van der Waals surface area contributed by atoms with E-state index in [0.717, 1.165) is 19.0 Å². The Morgan fingerprint density at radius 3 is 2.44 bits per heavy atom. The third-order valence-electron chi connectivity index (χ3n) is 5.38. The Morgan fingerprint density at radius 1 is 1.26 bits per heavy atom. The molecule has 0 aliphatic heterocycles. The molecule has 1 aromatic carbocycles. The quantitative estimate of drug-likeness (QED) is 0.387. The molecule has 0 spiro atoms. The van der Waals surface area contributed by atoms with Crippen LogP contribution in [0.5, 0.6) is 5.75 Å². The minimum Gasteiger partial charge on any atom is -0.497 e. The largest absolute Gasteiger partial charge is 0.497 e. The van der Waals surface area contributed by atoms with Gasteiger partial charge in [-0.05, 0) is 69.4 Å². The first-order chi connectivity index (χ1) is 16.1. The highest BCUT2D eigenvalue weighted by Gasteiger charge is 2.20. The summed E-state index contributed by atoms with van der Waals surface area (Å²) < 4.78 is 21.4. The third-order valence-corrected chi connectivity index (χ3v) is 5.38. The predicted molar refractivity (Wildman–Crippen MR) is 136 cm³/mol. The third kappa shape index (κ3) is 6.21. The minimum atomic E-state index is -0.737. The summed E-state index contributed by atoms with van der Waals surface area (Å²) in [5, 5.41) is 9.14. The van der Waals surface area contributed by atoms with E-state index in [1.165, 1.54) is 10.6 Å². The summed E-state index contributed by atoms with van der Waals surface area (Å²) in [7, 11) is 9.13. The number of aromatic nitrogens is 2. The fourth-order valence-electron chi connectivity index (χ4n) is 3.49. The molecular formula is C26H32FN5O2. The molecule has 0 fully saturated rings. The maximum Gasteiger partial charge on any atom is 0.263 e. The molecule has 0 unspecified atom stereocenters.